The molecule has 2 rings (SSSR count). The molecule has 84 valence electrons. The Hall–Kier alpha value is -1.77. The molecule has 3 nitrogen and oxygen atoms in total. The molecule has 1 heterocycles. The first kappa shape index (κ1) is 10.7. The number of benzene rings is 1. The van der Waals surface area contributed by atoms with Gasteiger partial charge in [-0.3, -0.25) is 5.01 Å². The van der Waals surface area contributed by atoms with Crippen LogP contribution in [0, 0.1) is 0 Å². The SMILES string of the molecule is C=CCc1ccc(CN2CCC(N)=N2)cc1. The van der Waals surface area contributed by atoms with E-state index in [9.17, 15) is 0 Å². The molecule has 0 spiro atoms. The van der Waals surface area contributed by atoms with E-state index in [2.05, 4.69) is 35.9 Å². The van der Waals surface area contributed by atoms with E-state index in [1.54, 1.807) is 0 Å². The van der Waals surface area contributed by atoms with Gasteiger partial charge in [0.15, 0.2) is 0 Å². The third kappa shape index (κ3) is 2.63. The second kappa shape index (κ2) is 4.84. The number of allylic oxidation sites excluding steroid dienone is 1. The smallest absolute Gasteiger partial charge is 0.121 e. The molecule has 0 saturated heterocycles. The van der Waals surface area contributed by atoms with Crippen LogP contribution in [0.3, 0.4) is 0 Å². The summed E-state index contributed by atoms with van der Waals surface area (Å²) < 4.78 is 0. The third-order valence-corrected chi connectivity index (χ3v) is 2.66. The van der Waals surface area contributed by atoms with Crippen molar-refractivity contribution in [1.29, 1.82) is 0 Å². The number of hydrogen-bond donors (Lipinski definition) is 1. The average Bonchev–Trinajstić information content (AvgIpc) is 2.67. The minimum absolute atomic E-state index is 0.739. The van der Waals surface area contributed by atoms with Crippen molar-refractivity contribution < 1.29 is 0 Å². The van der Waals surface area contributed by atoms with Crippen LogP contribution in [0.1, 0.15) is 17.5 Å². The Labute approximate surface area is 96.3 Å². The van der Waals surface area contributed by atoms with Crippen molar-refractivity contribution in [3.05, 3.63) is 48.0 Å². The summed E-state index contributed by atoms with van der Waals surface area (Å²) in [5, 5.41) is 6.27. The lowest BCUT2D eigenvalue weighted by molar-refractivity contribution is 0.310. The Bertz CT molecular complexity index is 392. The molecular formula is C13H17N3. The number of hydrogen-bond acceptors (Lipinski definition) is 3. The van der Waals surface area contributed by atoms with Gasteiger partial charge in [-0.05, 0) is 17.5 Å². The summed E-state index contributed by atoms with van der Waals surface area (Å²) in [7, 11) is 0. The van der Waals surface area contributed by atoms with E-state index in [1.165, 1.54) is 11.1 Å². The predicted molar refractivity (Wildman–Crippen MR) is 67.0 cm³/mol. The fraction of sp³-hybridized carbons (Fsp3) is 0.308. The van der Waals surface area contributed by atoms with E-state index < -0.39 is 0 Å². The molecule has 0 radical (unpaired) electrons. The van der Waals surface area contributed by atoms with Gasteiger partial charge < -0.3 is 5.73 Å². The summed E-state index contributed by atoms with van der Waals surface area (Å²) in [6.45, 7) is 5.50. The molecule has 1 aromatic rings. The summed E-state index contributed by atoms with van der Waals surface area (Å²) in [4.78, 5) is 0. The summed E-state index contributed by atoms with van der Waals surface area (Å²) in [5.41, 5.74) is 8.20. The van der Waals surface area contributed by atoms with Crippen LogP contribution in [0.4, 0.5) is 0 Å². The van der Waals surface area contributed by atoms with Gasteiger partial charge >= 0.3 is 0 Å². The van der Waals surface area contributed by atoms with E-state index in [-0.39, 0.29) is 0 Å². The molecule has 0 aliphatic carbocycles. The van der Waals surface area contributed by atoms with Gasteiger partial charge in [0.25, 0.3) is 0 Å². The third-order valence-electron chi connectivity index (χ3n) is 2.66. The number of hydrazone groups is 1. The zero-order valence-electron chi connectivity index (χ0n) is 9.39. The molecule has 1 aromatic carbocycles. The zero-order valence-corrected chi connectivity index (χ0v) is 9.39. The molecule has 0 unspecified atom stereocenters. The number of rotatable bonds is 4. The molecule has 0 bridgehead atoms. The maximum atomic E-state index is 5.64. The maximum absolute atomic E-state index is 5.64. The molecule has 0 atom stereocenters. The lowest BCUT2D eigenvalue weighted by atomic mass is 10.1. The molecule has 3 heteroatoms. The second-order valence-electron chi connectivity index (χ2n) is 4.04. The highest BCUT2D eigenvalue weighted by atomic mass is 15.5. The Morgan fingerprint density at radius 3 is 2.56 bits per heavy atom. The quantitative estimate of drug-likeness (QED) is 0.779. The highest BCUT2D eigenvalue weighted by Crippen LogP contribution is 2.11. The summed E-state index contributed by atoms with van der Waals surface area (Å²) in [6.07, 6.45) is 3.73. The molecular weight excluding hydrogens is 198 g/mol. The molecule has 0 saturated carbocycles. The van der Waals surface area contributed by atoms with Crippen LogP contribution in [-0.4, -0.2) is 17.4 Å². The first-order chi connectivity index (χ1) is 7.78. The van der Waals surface area contributed by atoms with E-state index in [0.717, 1.165) is 31.8 Å². The van der Waals surface area contributed by atoms with Crippen LogP contribution < -0.4 is 5.73 Å². The first-order valence-electron chi connectivity index (χ1n) is 5.54. The van der Waals surface area contributed by atoms with Gasteiger partial charge in [-0.15, -0.1) is 6.58 Å². The Balaban J connectivity index is 1.97. The summed E-state index contributed by atoms with van der Waals surface area (Å²) in [5.74, 6) is 0.739. The van der Waals surface area contributed by atoms with Crippen molar-refractivity contribution in [2.24, 2.45) is 10.8 Å². The van der Waals surface area contributed by atoms with Crippen LogP contribution in [0.25, 0.3) is 0 Å². The van der Waals surface area contributed by atoms with Gasteiger partial charge in [-0.2, -0.15) is 5.10 Å². The van der Waals surface area contributed by atoms with E-state index in [1.807, 2.05) is 11.1 Å². The average molecular weight is 215 g/mol. The molecule has 2 N–H and O–H groups in total. The monoisotopic (exact) mass is 215 g/mol. The lowest BCUT2D eigenvalue weighted by Crippen LogP contribution is -2.13. The normalized spacial score (nSPS) is 15.0. The van der Waals surface area contributed by atoms with Crippen LogP contribution in [0.15, 0.2) is 42.0 Å². The van der Waals surface area contributed by atoms with Gasteiger partial charge in [0.1, 0.15) is 5.84 Å². The van der Waals surface area contributed by atoms with Gasteiger partial charge in [0.2, 0.25) is 0 Å². The summed E-state index contributed by atoms with van der Waals surface area (Å²) in [6, 6.07) is 8.56. The fourth-order valence-electron chi connectivity index (χ4n) is 1.80. The second-order valence-corrected chi connectivity index (χ2v) is 4.04. The van der Waals surface area contributed by atoms with Crippen LogP contribution >= 0.6 is 0 Å². The van der Waals surface area contributed by atoms with Crippen molar-refractivity contribution in [2.75, 3.05) is 6.54 Å². The first-order valence-corrected chi connectivity index (χ1v) is 5.54. The largest absolute Gasteiger partial charge is 0.386 e. The zero-order chi connectivity index (χ0) is 11.4. The molecule has 1 aliphatic heterocycles. The number of nitrogens with zero attached hydrogens (tertiary/aromatic N) is 2. The van der Waals surface area contributed by atoms with Crippen molar-refractivity contribution in [3.63, 3.8) is 0 Å². The fourth-order valence-corrected chi connectivity index (χ4v) is 1.80. The standard InChI is InChI=1S/C13H17N3/c1-2-3-11-4-6-12(7-5-11)10-16-9-8-13(14)15-16/h2,4-7H,1,3,8-10H2,(H2,14,15). The Kier molecular flexibility index (Phi) is 3.25. The molecule has 0 aromatic heterocycles. The van der Waals surface area contributed by atoms with Crippen molar-refractivity contribution in [3.8, 4) is 0 Å². The topological polar surface area (TPSA) is 41.6 Å². The lowest BCUT2D eigenvalue weighted by Gasteiger charge is -2.13. The molecule has 0 amide bonds. The maximum Gasteiger partial charge on any atom is 0.121 e. The van der Waals surface area contributed by atoms with E-state index in [4.69, 9.17) is 5.73 Å². The van der Waals surface area contributed by atoms with E-state index >= 15 is 0 Å². The minimum Gasteiger partial charge on any atom is -0.386 e. The molecule has 16 heavy (non-hydrogen) atoms. The molecule has 0 fully saturated rings. The van der Waals surface area contributed by atoms with Crippen LogP contribution in [0.5, 0.6) is 0 Å². The highest BCUT2D eigenvalue weighted by Gasteiger charge is 2.11. The Morgan fingerprint density at radius 2 is 2.00 bits per heavy atom. The van der Waals surface area contributed by atoms with Gasteiger partial charge in [-0.1, -0.05) is 30.3 Å². The van der Waals surface area contributed by atoms with Crippen LogP contribution in [0.2, 0.25) is 0 Å². The van der Waals surface area contributed by atoms with Crippen molar-refractivity contribution >= 4 is 5.84 Å². The van der Waals surface area contributed by atoms with E-state index in [0.29, 0.717) is 0 Å². The number of amidine groups is 1. The van der Waals surface area contributed by atoms with Crippen molar-refractivity contribution in [1.82, 2.24) is 5.01 Å². The highest BCUT2D eigenvalue weighted by molar-refractivity contribution is 5.81. The summed E-state index contributed by atoms with van der Waals surface area (Å²) >= 11 is 0. The van der Waals surface area contributed by atoms with Crippen LogP contribution in [-0.2, 0) is 13.0 Å². The predicted octanol–water partition coefficient (Wildman–Crippen LogP) is 1.89. The van der Waals surface area contributed by atoms with Crippen molar-refractivity contribution in [2.45, 2.75) is 19.4 Å². The minimum atomic E-state index is 0.739. The van der Waals surface area contributed by atoms with Gasteiger partial charge in [0, 0.05) is 13.0 Å². The molecule has 1 aliphatic rings. The van der Waals surface area contributed by atoms with Gasteiger partial charge in [-0.25, -0.2) is 0 Å². The number of nitrogens with two attached hydrogens (primary N) is 1. The Morgan fingerprint density at radius 1 is 1.31 bits per heavy atom. The van der Waals surface area contributed by atoms with Gasteiger partial charge in [0.05, 0.1) is 6.54 Å².